The number of ether oxygens (including phenoxy) is 1. The molecular weight excluding hydrogens is 188 g/mol. The normalized spacial score (nSPS) is 45.8. The minimum absolute atomic E-state index is 0.0590. The van der Waals surface area contributed by atoms with E-state index in [-0.39, 0.29) is 11.9 Å². The number of carbonyl (C=O) groups excluding carboxylic acids is 1. The van der Waals surface area contributed by atoms with Crippen LogP contribution in [0.25, 0.3) is 0 Å². The number of allylic oxidation sites excluding steroid dienone is 2. The maximum Gasteiger partial charge on any atom is 0.309 e. The highest BCUT2D eigenvalue weighted by Gasteiger charge is 2.54. The summed E-state index contributed by atoms with van der Waals surface area (Å²) in [5.74, 6) is 3.21. The summed E-state index contributed by atoms with van der Waals surface area (Å²) in [4.78, 5) is 11.8. The lowest BCUT2D eigenvalue weighted by atomic mass is 9.75. The lowest BCUT2D eigenvalue weighted by Gasteiger charge is -2.29. The Balaban J connectivity index is 1.75. The largest absolute Gasteiger partial charge is 0.466 e. The fourth-order valence-corrected chi connectivity index (χ4v) is 4.07. The first-order chi connectivity index (χ1) is 7.31. The molecule has 2 heteroatoms. The van der Waals surface area contributed by atoms with Crippen LogP contribution in [0, 0.1) is 29.6 Å². The standard InChI is InChI=1S/C13H18O2/c1-2-15-13(14)12-7-8-6-11(12)10-5-3-4-9(8)10/h3,5,8-12H,2,4,6-7H2,1H3. The topological polar surface area (TPSA) is 26.3 Å². The first-order valence-corrected chi connectivity index (χ1v) is 6.14. The first kappa shape index (κ1) is 9.44. The first-order valence-electron chi connectivity index (χ1n) is 6.14. The average Bonchev–Trinajstić information content (AvgIpc) is 2.90. The zero-order valence-electron chi connectivity index (χ0n) is 9.19. The van der Waals surface area contributed by atoms with E-state index in [4.69, 9.17) is 4.74 Å². The molecule has 2 nitrogen and oxygen atoms in total. The van der Waals surface area contributed by atoms with Crippen LogP contribution in [0.4, 0.5) is 0 Å². The summed E-state index contributed by atoms with van der Waals surface area (Å²) in [5.41, 5.74) is 0. The predicted octanol–water partition coefficient (Wildman–Crippen LogP) is 2.40. The van der Waals surface area contributed by atoms with Crippen molar-refractivity contribution in [3.05, 3.63) is 12.2 Å². The molecule has 3 aliphatic rings. The third-order valence-electron chi connectivity index (χ3n) is 4.60. The Bertz CT molecular complexity index is 308. The fourth-order valence-electron chi connectivity index (χ4n) is 4.07. The minimum atomic E-state index is 0.0590. The molecule has 3 rings (SSSR count). The maximum absolute atomic E-state index is 11.8. The molecule has 0 saturated heterocycles. The molecule has 0 N–H and O–H groups in total. The van der Waals surface area contributed by atoms with Crippen LogP contribution in [-0.2, 0) is 9.53 Å². The van der Waals surface area contributed by atoms with Gasteiger partial charge in [-0.25, -0.2) is 0 Å². The summed E-state index contributed by atoms with van der Waals surface area (Å²) in [5, 5.41) is 0. The van der Waals surface area contributed by atoms with Crippen LogP contribution in [0.3, 0.4) is 0 Å². The SMILES string of the molecule is CCOC(=O)C1CC2CC1C1C=CCC21. The highest BCUT2D eigenvalue weighted by molar-refractivity contribution is 5.73. The van der Waals surface area contributed by atoms with E-state index in [1.807, 2.05) is 6.92 Å². The van der Waals surface area contributed by atoms with Gasteiger partial charge < -0.3 is 4.74 Å². The zero-order valence-corrected chi connectivity index (χ0v) is 9.19. The van der Waals surface area contributed by atoms with Crippen molar-refractivity contribution < 1.29 is 9.53 Å². The van der Waals surface area contributed by atoms with Crippen LogP contribution in [0.2, 0.25) is 0 Å². The van der Waals surface area contributed by atoms with Crippen molar-refractivity contribution in [2.24, 2.45) is 29.6 Å². The quantitative estimate of drug-likeness (QED) is 0.512. The van der Waals surface area contributed by atoms with Crippen molar-refractivity contribution in [3.8, 4) is 0 Å². The number of fused-ring (bicyclic) bond motifs is 5. The molecule has 0 radical (unpaired) electrons. The molecule has 0 aromatic rings. The Labute approximate surface area is 90.7 Å². The highest BCUT2D eigenvalue weighted by Crippen LogP contribution is 2.59. The maximum atomic E-state index is 11.8. The van der Waals surface area contributed by atoms with Crippen molar-refractivity contribution in [1.82, 2.24) is 0 Å². The second kappa shape index (κ2) is 3.36. The summed E-state index contributed by atoms with van der Waals surface area (Å²) in [7, 11) is 0. The van der Waals surface area contributed by atoms with Crippen molar-refractivity contribution in [1.29, 1.82) is 0 Å². The van der Waals surface area contributed by atoms with E-state index in [1.54, 1.807) is 0 Å². The second-order valence-corrected chi connectivity index (χ2v) is 5.16. The third kappa shape index (κ3) is 1.27. The van der Waals surface area contributed by atoms with E-state index in [1.165, 1.54) is 12.8 Å². The van der Waals surface area contributed by atoms with Gasteiger partial charge in [-0.3, -0.25) is 4.79 Å². The number of esters is 1. The molecule has 0 heterocycles. The molecule has 0 amide bonds. The molecule has 5 unspecified atom stereocenters. The molecule has 82 valence electrons. The van der Waals surface area contributed by atoms with Crippen LogP contribution < -0.4 is 0 Å². The van der Waals surface area contributed by atoms with Gasteiger partial charge in [0.05, 0.1) is 12.5 Å². The molecule has 5 atom stereocenters. The second-order valence-electron chi connectivity index (χ2n) is 5.16. The Hall–Kier alpha value is -0.790. The number of hydrogen-bond acceptors (Lipinski definition) is 2. The van der Waals surface area contributed by atoms with Gasteiger partial charge in [0.25, 0.3) is 0 Å². The van der Waals surface area contributed by atoms with E-state index in [0.717, 1.165) is 18.3 Å². The molecule has 15 heavy (non-hydrogen) atoms. The monoisotopic (exact) mass is 206 g/mol. The summed E-state index contributed by atoms with van der Waals surface area (Å²) in [6.45, 7) is 2.42. The van der Waals surface area contributed by atoms with Gasteiger partial charge in [-0.2, -0.15) is 0 Å². The number of carbonyl (C=O) groups is 1. The van der Waals surface area contributed by atoms with Gasteiger partial charge in [0.15, 0.2) is 0 Å². The van der Waals surface area contributed by atoms with Gasteiger partial charge in [-0.05, 0) is 49.9 Å². The third-order valence-corrected chi connectivity index (χ3v) is 4.60. The summed E-state index contributed by atoms with van der Waals surface area (Å²) in [6.07, 6.45) is 8.26. The van der Waals surface area contributed by atoms with Gasteiger partial charge in [-0.1, -0.05) is 12.2 Å². The summed E-state index contributed by atoms with van der Waals surface area (Å²) < 4.78 is 5.16. The van der Waals surface area contributed by atoms with Gasteiger partial charge in [0.1, 0.15) is 0 Å². The zero-order chi connectivity index (χ0) is 10.4. The Morgan fingerprint density at radius 1 is 1.40 bits per heavy atom. The van der Waals surface area contributed by atoms with Crippen LogP contribution >= 0.6 is 0 Å². The van der Waals surface area contributed by atoms with Crippen molar-refractivity contribution in [2.45, 2.75) is 26.2 Å². The number of rotatable bonds is 2. The molecule has 2 bridgehead atoms. The Kier molecular flexibility index (Phi) is 2.11. The van der Waals surface area contributed by atoms with E-state index >= 15 is 0 Å². The summed E-state index contributed by atoms with van der Waals surface area (Å²) in [6, 6.07) is 0. The smallest absolute Gasteiger partial charge is 0.309 e. The van der Waals surface area contributed by atoms with Gasteiger partial charge >= 0.3 is 5.97 Å². The van der Waals surface area contributed by atoms with Gasteiger partial charge in [-0.15, -0.1) is 0 Å². The van der Waals surface area contributed by atoms with E-state index in [2.05, 4.69) is 12.2 Å². The molecule has 0 aromatic heterocycles. The van der Waals surface area contributed by atoms with E-state index in [0.29, 0.717) is 18.4 Å². The van der Waals surface area contributed by atoms with Gasteiger partial charge in [0, 0.05) is 0 Å². The Morgan fingerprint density at radius 2 is 2.27 bits per heavy atom. The molecule has 3 aliphatic carbocycles. The van der Waals surface area contributed by atoms with Gasteiger partial charge in [0.2, 0.25) is 0 Å². The number of hydrogen-bond donors (Lipinski definition) is 0. The van der Waals surface area contributed by atoms with Crippen LogP contribution in [0.5, 0.6) is 0 Å². The molecule has 2 fully saturated rings. The molecular formula is C13H18O2. The van der Waals surface area contributed by atoms with Crippen molar-refractivity contribution >= 4 is 5.97 Å². The minimum Gasteiger partial charge on any atom is -0.466 e. The molecule has 0 spiro atoms. The predicted molar refractivity (Wildman–Crippen MR) is 57.1 cm³/mol. The molecule has 2 saturated carbocycles. The van der Waals surface area contributed by atoms with Crippen LogP contribution in [-0.4, -0.2) is 12.6 Å². The van der Waals surface area contributed by atoms with Crippen LogP contribution in [0.15, 0.2) is 12.2 Å². The molecule has 0 aromatic carbocycles. The van der Waals surface area contributed by atoms with E-state index in [9.17, 15) is 4.79 Å². The summed E-state index contributed by atoms with van der Waals surface area (Å²) >= 11 is 0. The van der Waals surface area contributed by atoms with Crippen molar-refractivity contribution in [3.63, 3.8) is 0 Å². The Morgan fingerprint density at radius 3 is 3.07 bits per heavy atom. The molecule has 0 aliphatic heterocycles. The van der Waals surface area contributed by atoms with E-state index < -0.39 is 0 Å². The lowest BCUT2D eigenvalue weighted by Crippen LogP contribution is -2.30. The highest BCUT2D eigenvalue weighted by atomic mass is 16.5. The fraction of sp³-hybridized carbons (Fsp3) is 0.769. The van der Waals surface area contributed by atoms with Crippen LogP contribution in [0.1, 0.15) is 26.2 Å². The van der Waals surface area contributed by atoms with Crippen molar-refractivity contribution in [2.75, 3.05) is 6.61 Å². The average molecular weight is 206 g/mol. The lowest BCUT2D eigenvalue weighted by molar-refractivity contribution is -0.150.